The predicted octanol–water partition coefficient (Wildman–Crippen LogP) is -1.85. The molecule has 5 atom stereocenters. The number of amidine groups is 1. The summed E-state index contributed by atoms with van der Waals surface area (Å²) in [6.45, 7) is 0. The Morgan fingerprint density at radius 1 is 1.43 bits per heavy atom. The van der Waals surface area contributed by atoms with Crippen molar-refractivity contribution in [2.24, 2.45) is 34.6 Å². The van der Waals surface area contributed by atoms with Crippen LogP contribution in [0.15, 0.2) is 12.2 Å². The van der Waals surface area contributed by atoms with Crippen LogP contribution in [0.4, 0.5) is 0 Å². The fraction of sp³-hybridized carbons (Fsp3) is 0.692. The van der Waals surface area contributed by atoms with Crippen LogP contribution in [0.1, 0.15) is 19.3 Å². The van der Waals surface area contributed by atoms with Gasteiger partial charge in [-0.1, -0.05) is 12.2 Å². The van der Waals surface area contributed by atoms with Gasteiger partial charge < -0.3 is 34.1 Å². The third kappa shape index (κ3) is 2.99. The second kappa shape index (κ2) is 6.63. The third-order valence-electron chi connectivity index (χ3n) is 4.50. The summed E-state index contributed by atoms with van der Waals surface area (Å²) in [5.74, 6) is -0.310. The van der Waals surface area contributed by atoms with Crippen molar-refractivity contribution in [3.05, 3.63) is 12.2 Å². The monoisotopic (exact) mass is 296 g/mol. The van der Waals surface area contributed by atoms with Crippen LogP contribution >= 0.6 is 0 Å². The summed E-state index contributed by atoms with van der Waals surface area (Å²) in [5, 5.41) is 18.1. The van der Waals surface area contributed by atoms with Gasteiger partial charge in [-0.3, -0.25) is 10.7 Å². The highest BCUT2D eigenvalue weighted by Gasteiger charge is 2.54. The molecule has 8 heteroatoms. The highest BCUT2D eigenvalue weighted by molar-refractivity contribution is 5.86. The van der Waals surface area contributed by atoms with E-state index >= 15 is 0 Å². The summed E-state index contributed by atoms with van der Waals surface area (Å²) in [6, 6.07) is -1.68. The fourth-order valence-corrected chi connectivity index (χ4v) is 2.87. The van der Waals surface area contributed by atoms with Crippen LogP contribution in [0.25, 0.3) is 0 Å². The lowest BCUT2D eigenvalue weighted by molar-refractivity contribution is 0.178. The number of rotatable bonds is 7. The van der Waals surface area contributed by atoms with Crippen LogP contribution in [0, 0.1) is 16.7 Å². The number of hydrogen-bond acceptors (Lipinski definition) is 7. The maximum Gasteiger partial charge on any atom is 0.114 e. The smallest absolute Gasteiger partial charge is 0.114 e. The van der Waals surface area contributed by atoms with Crippen molar-refractivity contribution in [2.45, 2.75) is 42.5 Å². The lowest BCUT2D eigenvalue weighted by atomic mass is 9.69. The third-order valence-corrected chi connectivity index (χ3v) is 4.50. The van der Waals surface area contributed by atoms with Gasteiger partial charge in [0.1, 0.15) is 17.0 Å². The quantitative estimate of drug-likeness (QED) is 0.118. The summed E-state index contributed by atoms with van der Waals surface area (Å²) in [5.41, 5.74) is 27.5. The molecule has 0 aromatic heterocycles. The first kappa shape index (κ1) is 17.7. The van der Waals surface area contributed by atoms with Gasteiger partial charge >= 0.3 is 0 Å². The molecule has 0 fully saturated rings. The van der Waals surface area contributed by atoms with Crippen LogP contribution in [0.5, 0.6) is 0 Å². The zero-order valence-electron chi connectivity index (χ0n) is 12.5. The molecule has 13 N–H and O–H groups in total. The Labute approximate surface area is 125 Å². The van der Waals surface area contributed by atoms with E-state index in [4.69, 9.17) is 39.5 Å². The highest BCUT2D eigenvalue weighted by atomic mass is 15.2. The SMILES string of the molecule is CN[C@](N)(C(N)C(=N)N)[C@](N)(C=N)C(N)C1C=CCCC1. The van der Waals surface area contributed by atoms with Crippen LogP contribution < -0.4 is 34.0 Å². The first-order chi connectivity index (χ1) is 9.74. The predicted molar refractivity (Wildman–Crippen MR) is 86.0 cm³/mol. The van der Waals surface area contributed by atoms with Crippen molar-refractivity contribution < 1.29 is 0 Å². The second-order valence-electron chi connectivity index (χ2n) is 5.68. The fourth-order valence-electron chi connectivity index (χ4n) is 2.87. The summed E-state index contributed by atoms with van der Waals surface area (Å²) in [6.07, 6.45) is 7.98. The lowest BCUT2D eigenvalue weighted by Crippen LogP contribution is -2.86. The number of nitrogens with one attached hydrogen (secondary N) is 3. The van der Waals surface area contributed by atoms with Gasteiger partial charge in [0.25, 0.3) is 0 Å². The Kier molecular flexibility index (Phi) is 5.60. The summed E-state index contributed by atoms with van der Waals surface area (Å²) in [4.78, 5) is 0. The van der Waals surface area contributed by atoms with Crippen LogP contribution in [0.2, 0.25) is 0 Å². The van der Waals surface area contributed by atoms with E-state index in [1.54, 1.807) is 7.05 Å². The lowest BCUT2D eigenvalue weighted by Gasteiger charge is -2.50. The maximum atomic E-state index is 7.76. The number of hydrogen-bond donors (Lipinski definition) is 8. The van der Waals surface area contributed by atoms with Gasteiger partial charge in [-0.15, -0.1) is 0 Å². The molecular formula is C13H28N8. The largest absolute Gasteiger partial charge is 0.386 e. The molecule has 0 aromatic rings. The molecule has 21 heavy (non-hydrogen) atoms. The van der Waals surface area contributed by atoms with E-state index in [0.717, 1.165) is 25.5 Å². The van der Waals surface area contributed by atoms with E-state index in [-0.39, 0.29) is 11.8 Å². The molecule has 0 heterocycles. The minimum Gasteiger partial charge on any atom is -0.386 e. The molecule has 0 bridgehead atoms. The average molecular weight is 296 g/mol. The zero-order chi connectivity index (χ0) is 16.3. The van der Waals surface area contributed by atoms with E-state index in [2.05, 4.69) is 11.4 Å². The van der Waals surface area contributed by atoms with Crippen LogP contribution in [-0.4, -0.2) is 42.4 Å². The van der Waals surface area contributed by atoms with E-state index in [1.165, 1.54) is 0 Å². The molecule has 0 saturated carbocycles. The maximum absolute atomic E-state index is 7.76. The van der Waals surface area contributed by atoms with Gasteiger partial charge in [0.05, 0.1) is 6.04 Å². The van der Waals surface area contributed by atoms with Gasteiger partial charge in [-0.25, -0.2) is 0 Å². The highest BCUT2D eigenvalue weighted by Crippen LogP contribution is 2.29. The Balaban J connectivity index is 3.21. The van der Waals surface area contributed by atoms with Gasteiger partial charge in [0.2, 0.25) is 0 Å². The van der Waals surface area contributed by atoms with Gasteiger partial charge in [-0.05, 0) is 32.2 Å². The molecule has 1 rings (SSSR count). The Hall–Kier alpha value is -1.32. The normalized spacial score (nSPS) is 27.2. The average Bonchev–Trinajstić information content (AvgIpc) is 2.52. The summed E-state index contributed by atoms with van der Waals surface area (Å²) < 4.78 is 0. The van der Waals surface area contributed by atoms with Crippen LogP contribution in [0.3, 0.4) is 0 Å². The molecule has 1 aliphatic rings. The molecule has 120 valence electrons. The molecule has 0 amide bonds. The van der Waals surface area contributed by atoms with E-state index < -0.39 is 23.3 Å². The topological polar surface area (TPSA) is 190 Å². The molecule has 3 unspecified atom stereocenters. The minimum atomic E-state index is -1.49. The van der Waals surface area contributed by atoms with Crippen LogP contribution in [-0.2, 0) is 0 Å². The number of likely N-dealkylation sites (N-methyl/N-ethyl adjacent to an activating group) is 1. The Morgan fingerprint density at radius 3 is 2.43 bits per heavy atom. The van der Waals surface area contributed by atoms with E-state index in [1.807, 2.05) is 6.08 Å². The minimum absolute atomic E-state index is 0.000725. The standard InChI is InChI=1S/C13H28N8/c1-21-13(20,10(16)11(17)18)12(19,7-14)9(15)8-5-3-2-4-6-8/h3,5,7-10,14,21H,2,4,6,15-16,19-20H2,1H3,(H3,17,18)/t8?,9?,10?,12-,13+/m0/s1. The Bertz CT molecular complexity index is 422. The van der Waals surface area contributed by atoms with Gasteiger partial charge in [0.15, 0.2) is 0 Å². The zero-order valence-corrected chi connectivity index (χ0v) is 12.5. The van der Waals surface area contributed by atoms with Crippen molar-refractivity contribution in [1.82, 2.24) is 5.32 Å². The summed E-state index contributed by atoms with van der Waals surface area (Å²) in [7, 11) is 1.57. The van der Waals surface area contributed by atoms with E-state index in [0.29, 0.717) is 0 Å². The molecule has 1 aliphatic carbocycles. The van der Waals surface area contributed by atoms with E-state index in [9.17, 15) is 0 Å². The molecule has 0 aromatic carbocycles. The first-order valence-electron chi connectivity index (χ1n) is 7.04. The molecule has 0 saturated heterocycles. The van der Waals surface area contributed by atoms with Crippen molar-refractivity contribution in [1.29, 1.82) is 10.8 Å². The molecular weight excluding hydrogens is 268 g/mol. The second-order valence-corrected chi connectivity index (χ2v) is 5.68. The van der Waals surface area contributed by atoms with Crippen molar-refractivity contribution in [3.8, 4) is 0 Å². The number of nitrogens with two attached hydrogens (primary N) is 5. The van der Waals surface area contributed by atoms with Gasteiger partial charge in [0, 0.05) is 12.3 Å². The molecule has 0 radical (unpaired) electrons. The van der Waals surface area contributed by atoms with Crippen molar-refractivity contribution in [3.63, 3.8) is 0 Å². The summed E-state index contributed by atoms with van der Waals surface area (Å²) >= 11 is 0. The first-order valence-corrected chi connectivity index (χ1v) is 7.04. The van der Waals surface area contributed by atoms with Crippen molar-refractivity contribution in [2.75, 3.05) is 7.05 Å². The molecule has 0 aliphatic heterocycles. The molecule has 8 nitrogen and oxygen atoms in total. The molecule has 0 spiro atoms. The number of allylic oxidation sites excluding steroid dienone is 1. The van der Waals surface area contributed by atoms with Crippen molar-refractivity contribution >= 4 is 12.1 Å². The van der Waals surface area contributed by atoms with Gasteiger partial charge in [-0.2, -0.15) is 0 Å². The Morgan fingerprint density at radius 2 is 2.05 bits per heavy atom.